The van der Waals surface area contributed by atoms with Crippen molar-refractivity contribution in [3.8, 4) is 5.75 Å². The van der Waals surface area contributed by atoms with Crippen LogP contribution in [0, 0.1) is 6.92 Å². The minimum Gasteiger partial charge on any atom is -0.508 e. The van der Waals surface area contributed by atoms with Crippen molar-refractivity contribution >= 4 is 5.97 Å². The zero-order valence-corrected chi connectivity index (χ0v) is 11.1. The lowest BCUT2D eigenvalue weighted by atomic mass is 10.2. The van der Waals surface area contributed by atoms with Gasteiger partial charge in [0, 0.05) is 12.7 Å². The van der Waals surface area contributed by atoms with Gasteiger partial charge in [-0.3, -0.25) is 0 Å². The van der Waals surface area contributed by atoms with Crippen molar-refractivity contribution in [3.63, 3.8) is 0 Å². The van der Waals surface area contributed by atoms with Crippen LogP contribution >= 0.6 is 0 Å². The van der Waals surface area contributed by atoms with Gasteiger partial charge in [0.1, 0.15) is 11.4 Å². The van der Waals surface area contributed by atoms with Gasteiger partial charge in [0.25, 0.3) is 0 Å². The van der Waals surface area contributed by atoms with Crippen LogP contribution < -0.4 is 0 Å². The maximum Gasteiger partial charge on any atom is 0.355 e. The Kier molecular flexibility index (Phi) is 3.90. The smallest absolute Gasteiger partial charge is 0.355 e. The second kappa shape index (κ2) is 5.61. The molecule has 0 spiro atoms. The Balaban J connectivity index is 2.28. The summed E-state index contributed by atoms with van der Waals surface area (Å²) in [7, 11) is 0. The number of rotatable bonds is 4. The van der Waals surface area contributed by atoms with Crippen LogP contribution in [0.25, 0.3) is 0 Å². The summed E-state index contributed by atoms with van der Waals surface area (Å²) in [6.07, 6.45) is 1.85. The van der Waals surface area contributed by atoms with Gasteiger partial charge in [-0.1, -0.05) is 12.1 Å². The number of hydrogen-bond donors (Lipinski definition) is 1. The molecule has 4 heteroatoms. The number of nitrogens with zero attached hydrogens (tertiary/aromatic N) is 1. The Bertz CT molecular complexity index is 587. The summed E-state index contributed by atoms with van der Waals surface area (Å²) in [5.74, 6) is -0.0933. The van der Waals surface area contributed by atoms with Gasteiger partial charge in [-0.15, -0.1) is 0 Å². The van der Waals surface area contributed by atoms with E-state index in [0.717, 1.165) is 11.1 Å². The Labute approximate surface area is 112 Å². The zero-order chi connectivity index (χ0) is 13.8. The van der Waals surface area contributed by atoms with Crippen LogP contribution in [0.2, 0.25) is 0 Å². The van der Waals surface area contributed by atoms with Crippen molar-refractivity contribution in [1.82, 2.24) is 4.57 Å². The summed E-state index contributed by atoms with van der Waals surface area (Å²) < 4.78 is 6.90. The third-order valence-corrected chi connectivity index (χ3v) is 2.90. The number of carbonyl (C=O) groups excluding carboxylic acids is 1. The third-order valence-electron chi connectivity index (χ3n) is 2.90. The van der Waals surface area contributed by atoms with Crippen molar-refractivity contribution in [3.05, 3.63) is 53.3 Å². The molecular formula is C15H17NO3. The predicted octanol–water partition coefficient (Wildman–Crippen LogP) is 2.73. The maximum atomic E-state index is 11.9. The molecule has 0 fully saturated rings. The van der Waals surface area contributed by atoms with Crippen LogP contribution in [0.4, 0.5) is 0 Å². The lowest BCUT2D eigenvalue weighted by Gasteiger charge is -2.10. The summed E-state index contributed by atoms with van der Waals surface area (Å²) in [6.45, 7) is 4.55. The van der Waals surface area contributed by atoms with Crippen molar-refractivity contribution < 1.29 is 14.6 Å². The molecule has 0 amide bonds. The second-order valence-electron chi connectivity index (χ2n) is 4.37. The van der Waals surface area contributed by atoms with Crippen molar-refractivity contribution in [2.45, 2.75) is 20.4 Å². The minimum absolute atomic E-state index is 0.221. The zero-order valence-electron chi connectivity index (χ0n) is 11.1. The molecule has 2 aromatic rings. The first-order valence-corrected chi connectivity index (χ1v) is 6.22. The van der Waals surface area contributed by atoms with Gasteiger partial charge < -0.3 is 14.4 Å². The lowest BCUT2D eigenvalue weighted by molar-refractivity contribution is 0.0513. The van der Waals surface area contributed by atoms with E-state index in [-0.39, 0.29) is 11.7 Å². The van der Waals surface area contributed by atoms with Gasteiger partial charge in [0.05, 0.1) is 6.61 Å². The van der Waals surface area contributed by atoms with E-state index < -0.39 is 0 Å². The van der Waals surface area contributed by atoms with E-state index in [2.05, 4.69) is 0 Å². The number of carbonyl (C=O) groups is 1. The quantitative estimate of drug-likeness (QED) is 0.859. The summed E-state index contributed by atoms with van der Waals surface area (Å²) in [5, 5.41) is 9.46. The van der Waals surface area contributed by atoms with Crippen LogP contribution in [0.15, 0.2) is 36.5 Å². The van der Waals surface area contributed by atoms with E-state index in [1.54, 1.807) is 25.1 Å². The molecule has 100 valence electrons. The van der Waals surface area contributed by atoms with Crippen molar-refractivity contribution in [2.24, 2.45) is 0 Å². The van der Waals surface area contributed by atoms with Crippen LogP contribution in [0.5, 0.6) is 5.75 Å². The third kappa shape index (κ3) is 2.96. The summed E-state index contributed by atoms with van der Waals surface area (Å²) >= 11 is 0. The van der Waals surface area contributed by atoms with Crippen LogP contribution in [-0.4, -0.2) is 22.2 Å². The molecule has 0 aliphatic heterocycles. The number of hydrogen-bond acceptors (Lipinski definition) is 3. The monoisotopic (exact) mass is 259 g/mol. The first-order valence-electron chi connectivity index (χ1n) is 6.22. The van der Waals surface area contributed by atoms with E-state index in [1.165, 1.54) is 0 Å². The number of phenolic OH excluding ortho intramolecular Hbond substituents is 1. The molecule has 1 heterocycles. The van der Waals surface area contributed by atoms with E-state index >= 15 is 0 Å². The van der Waals surface area contributed by atoms with E-state index in [1.807, 2.05) is 29.8 Å². The fraction of sp³-hybridized carbons (Fsp3) is 0.267. The van der Waals surface area contributed by atoms with Crippen LogP contribution in [-0.2, 0) is 11.3 Å². The normalized spacial score (nSPS) is 10.4. The molecule has 0 aliphatic rings. The Hall–Kier alpha value is -2.23. The molecule has 4 nitrogen and oxygen atoms in total. The Morgan fingerprint density at radius 2 is 2.16 bits per heavy atom. The second-order valence-corrected chi connectivity index (χ2v) is 4.37. The highest BCUT2D eigenvalue weighted by Crippen LogP contribution is 2.16. The maximum absolute atomic E-state index is 11.9. The SMILES string of the molecule is CCOC(=O)c1c(C)ccn1Cc1cccc(O)c1. The molecule has 0 saturated heterocycles. The Morgan fingerprint density at radius 1 is 1.37 bits per heavy atom. The average Bonchev–Trinajstić information content (AvgIpc) is 2.71. The predicted molar refractivity (Wildman–Crippen MR) is 72.3 cm³/mol. The average molecular weight is 259 g/mol. The molecule has 0 atom stereocenters. The van der Waals surface area contributed by atoms with Crippen LogP contribution in [0.3, 0.4) is 0 Å². The fourth-order valence-corrected chi connectivity index (χ4v) is 2.04. The van der Waals surface area contributed by atoms with Gasteiger partial charge in [-0.2, -0.15) is 0 Å². The first-order chi connectivity index (χ1) is 9.11. The first kappa shape index (κ1) is 13.2. The van der Waals surface area contributed by atoms with E-state index in [9.17, 15) is 9.90 Å². The molecule has 1 aromatic heterocycles. The van der Waals surface area contributed by atoms with Crippen LogP contribution in [0.1, 0.15) is 28.5 Å². The number of phenols is 1. The molecule has 1 aromatic carbocycles. The van der Waals surface area contributed by atoms with E-state index in [4.69, 9.17) is 4.74 Å². The van der Waals surface area contributed by atoms with Gasteiger partial charge in [0.15, 0.2) is 0 Å². The number of aromatic nitrogens is 1. The Morgan fingerprint density at radius 3 is 2.84 bits per heavy atom. The number of ether oxygens (including phenoxy) is 1. The number of esters is 1. The van der Waals surface area contributed by atoms with Gasteiger partial charge in [-0.05, 0) is 43.2 Å². The van der Waals surface area contributed by atoms with Gasteiger partial charge >= 0.3 is 5.97 Å². The van der Waals surface area contributed by atoms with E-state index in [0.29, 0.717) is 18.8 Å². The molecule has 1 N–H and O–H groups in total. The summed E-state index contributed by atoms with van der Waals surface area (Å²) in [4.78, 5) is 11.9. The number of aryl methyl sites for hydroxylation is 1. The minimum atomic E-state index is -0.315. The highest BCUT2D eigenvalue weighted by atomic mass is 16.5. The largest absolute Gasteiger partial charge is 0.508 e. The molecule has 0 radical (unpaired) electrons. The van der Waals surface area contributed by atoms with Crippen molar-refractivity contribution in [2.75, 3.05) is 6.61 Å². The molecule has 0 unspecified atom stereocenters. The highest BCUT2D eigenvalue weighted by Gasteiger charge is 2.15. The molecular weight excluding hydrogens is 242 g/mol. The molecule has 0 saturated carbocycles. The summed E-state index contributed by atoms with van der Waals surface area (Å²) in [6, 6.07) is 8.88. The van der Waals surface area contributed by atoms with Crippen molar-refractivity contribution in [1.29, 1.82) is 0 Å². The molecule has 2 rings (SSSR count). The topological polar surface area (TPSA) is 51.5 Å². The molecule has 0 bridgehead atoms. The summed E-state index contributed by atoms with van der Waals surface area (Å²) in [5.41, 5.74) is 2.38. The van der Waals surface area contributed by atoms with Gasteiger partial charge in [-0.25, -0.2) is 4.79 Å². The molecule has 0 aliphatic carbocycles. The lowest BCUT2D eigenvalue weighted by Crippen LogP contribution is -2.13. The van der Waals surface area contributed by atoms with Gasteiger partial charge in [0.2, 0.25) is 0 Å². The fourth-order valence-electron chi connectivity index (χ4n) is 2.04. The standard InChI is InChI=1S/C15H17NO3/c1-3-19-15(18)14-11(2)7-8-16(14)10-12-5-4-6-13(17)9-12/h4-9,17H,3,10H2,1-2H3. The molecule has 19 heavy (non-hydrogen) atoms. The highest BCUT2D eigenvalue weighted by molar-refractivity contribution is 5.89. The number of aromatic hydroxyl groups is 1. The number of benzene rings is 1.